The Kier molecular flexibility index (Phi) is 32.1. The molecule has 37 heteroatoms. The normalized spacial score (nSPS) is 17.2. The number of hydrogen-bond donors (Lipinski definition) is 16. The van der Waals surface area contributed by atoms with E-state index in [1.165, 1.54) is 46.1 Å². The van der Waals surface area contributed by atoms with Crippen molar-refractivity contribution in [3.05, 3.63) is 83.0 Å². The lowest BCUT2D eigenvalue weighted by molar-refractivity contribution is -0.155. The SMILES string of the molecule is COc1cc([C@@H]2c3cc4c(cc3[C@H](OC(=O)CCn3c(O)cc(SCC(N)C(=O)N[C@@H](CCCN=C(N)N)C(=O)N[C@@H](CCCN=C(N)N)C(=O)N[C@@H](CCSC)C(=O)N[C@@H](CCCCN)C(=O)N[C@@H](Cc5c[nH]c6ccccc56)C(=O)N[C@@H](CCCCN)C(C)=O)c3O)[C@H]3COC(=O)[C@H]23)OCO4)cc(OC)c1OC. The summed E-state index contributed by atoms with van der Waals surface area (Å²) in [7, 11) is 4.42. The Bertz CT molecular complexity index is 4090. The lowest BCUT2D eigenvalue weighted by Gasteiger charge is -2.38. The summed E-state index contributed by atoms with van der Waals surface area (Å²) in [5.74, 6) is -7.93. The third kappa shape index (κ3) is 22.6. The third-order valence-corrected chi connectivity index (χ3v) is 21.0. The van der Waals surface area contributed by atoms with Crippen molar-refractivity contribution >= 4 is 99.5 Å². The maximum atomic E-state index is 14.7. The molecule has 600 valence electrons. The number of aromatic amines is 1. The van der Waals surface area contributed by atoms with Gasteiger partial charge in [0.15, 0.2) is 46.6 Å². The number of Topliss-reactive ketones (excluding diaryl/α,β-unsaturated/α-hetero) is 1. The molecule has 23 N–H and O–H groups in total. The highest BCUT2D eigenvalue weighted by Crippen LogP contribution is 2.57. The number of amides is 6. The number of thioether (sulfide) groups is 2. The number of para-hydroxylation sites is 1. The number of unbranched alkanes of at least 4 members (excludes halogenated alkanes) is 2. The zero-order valence-corrected chi connectivity index (χ0v) is 63.9. The van der Waals surface area contributed by atoms with Gasteiger partial charge in [-0.1, -0.05) is 18.2 Å². The van der Waals surface area contributed by atoms with Gasteiger partial charge in [-0.25, -0.2) is 0 Å². The molecular formula is C73H103N17O18S2. The van der Waals surface area contributed by atoms with Gasteiger partial charge in [0.2, 0.25) is 53.9 Å². The molecule has 5 aromatic rings. The second-order valence-corrected chi connectivity index (χ2v) is 28.8. The standard InChI is InChI=1S/C73H103N17O18S2/c1-38(91)46(15-8-10-22-74)84-69(99)52(28-40-34-83-47-16-7-6-14-41(40)47)89-67(97)48(17-9-11-23-75)86-68(98)51(21-27-109-5)88-66(96)50(19-13-25-82-73(79)80)87-65(95)49(18-12-24-81-72(77)78)85-64(94)45(76)36-110-57-33-58(92)90(70(57)100)26-20-59(93)108-62-43-32-54-53(106-37-107-54)31-42(43)60(61-44(62)35-105-71(61)101)39-29-55(102-2)63(104-4)56(30-39)103-3/h6-7,14,16,29-34,44-46,48-52,60-62,83,92,100H,8-13,15,17-28,35-37,74-76H2,1-5H3,(H,84,99)(H,85,94)(H,86,98)(H,87,95)(H,88,96)(H,89,97)(H4,77,78,81)(H4,79,80,82)/t44-,45?,46-,48-,49-,50-,51-,52-,60+,61-,62-/m0/s1. The van der Waals surface area contributed by atoms with Crippen molar-refractivity contribution in [3.63, 3.8) is 0 Å². The van der Waals surface area contributed by atoms with Crippen molar-refractivity contribution in [2.24, 2.45) is 62.0 Å². The Morgan fingerprint density at radius 1 is 0.664 bits per heavy atom. The molecular weight excluding hydrogens is 1470 g/mol. The number of fused-ring (bicyclic) bond motifs is 4. The molecule has 2 aromatic heterocycles. The average molecular weight is 1570 g/mol. The van der Waals surface area contributed by atoms with Crippen LogP contribution < -0.4 is 95.7 Å². The number of cyclic esters (lactones) is 1. The molecule has 8 rings (SSSR count). The van der Waals surface area contributed by atoms with E-state index in [0.717, 1.165) is 27.2 Å². The van der Waals surface area contributed by atoms with E-state index in [2.05, 4.69) is 46.9 Å². The van der Waals surface area contributed by atoms with Crippen LogP contribution in [0.3, 0.4) is 0 Å². The highest BCUT2D eigenvalue weighted by atomic mass is 32.2. The number of H-pyrrole nitrogens is 1. The summed E-state index contributed by atoms with van der Waals surface area (Å²) in [6.07, 6.45) is 4.58. The fraction of sp³-hybridized carbons (Fsp3) is 0.521. The number of guanidine groups is 2. The molecule has 110 heavy (non-hydrogen) atoms. The monoisotopic (exact) mass is 1570 g/mol. The van der Waals surface area contributed by atoms with Gasteiger partial charge in [-0.2, -0.15) is 11.8 Å². The lowest BCUT2D eigenvalue weighted by Crippen LogP contribution is -2.60. The molecule has 1 aliphatic carbocycles. The number of nitrogens with one attached hydrogen (secondary N) is 7. The van der Waals surface area contributed by atoms with E-state index in [-0.39, 0.29) is 113 Å². The Morgan fingerprint density at radius 2 is 1.19 bits per heavy atom. The summed E-state index contributed by atoms with van der Waals surface area (Å²) < 4.78 is 41.4. The molecule has 1 saturated heterocycles. The Hall–Kier alpha value is -10.4. The number of nitrogens with two attached hydrogens (primary N) is 7. The lowest BCUT2D eigenvalue weighted by atomic mass is 9.66. The van der Waals surface area contributed by atoms with Gasteiger partial charge in [0.1, 0.15) is 36.3 Å². The summed E-state index contributed by atoms with van der Waals surface area (Å²) in [6, 6.07) is 6.69. The summed E-state index contributed by atoms with van der Waals surface area (Å²) in [5, 5.41) is 40.1. The quantitative estimate of drug-likeness (QED) is 0.00850. The van der Waals surface area contributed by atoms with E-state index in [4.69, 9.17) is 73.3 Å². The number of nitrogens with zero attached hydrogens (tertiary/aromatic N) is 3. The van der Waals surface area contributed by atoms with Crippen LogP contribution in [0.25, 0.3) is 10.9 Å². The van der Waals surface area contributed by atoms with Gasteiger partial charge in [-0.15, -0.1) is 11.8 Å². The van der Waals surface area contributed by atoms with Gasteiger partial charge in [0, 0.05) is 72.4 Å². The van der Waals surface area contributed by atoms with Crippen molar-refractivity contribution in [3.8, 4) is 40.5 Å². The summed E-state index contributed by atoms with van der Waals surface area (Å²) in [4.78, 5) is 139. The predicted molar refractivity (Wildman–Crippen MR) is 411 cm³/mol. The second kappa shape index (κ2) is 41.4. The minimum atomic E-state index is -1.41. The molecule has 3 aliphatic rings. The fourth-order valence-electron chi connectivity index (χ4n) is 13.5. The topological polar surface area (TPSA) is 558 Å². The van der Waals surface area contributed by atoms with Crippen LogP contribution in [0.4, 0.5) is 0 Å². The van der Waals surface area contributed by atoms with Crippen molar-refractivity contribution in [2.75, 3.05) is 78.7 Å². The number of aliphatic imine (C=N–C) groups is 2. The van der Waals surface area contributed by atoms with E-state index < -0.39 is 132 Å². The first-order valence-electron chi connectivity index (χ1n) is 36.3. The summed E-state index contributed by atoms with van der Waals surface area (Å²) >= 11 is 2.25. The van der Waals surface area contributed by atoms with Crippen LogP contribution >= 0.6 is 23.5 Å². The first kappa shape index (κ1) is 85.2. The van der Waals surface area contributed by atoms with Gasteiger partial charge in [-0.05, 0) is 150 Å². The highest BCUT2D eigenvalue weighted by molar-refractivity contribution is 7.99. The maximum Gasteiger partial charge on any atom is 0.310 e. The zero-order valence-electron chi connectivity index (χ0n) is 62.3. The second-order valence-electron chi connectivity index (χ2n) is 26.8. The van der Waals surface area contributed by atoms with Gasteiger partial charge in [0.25, 0.3) is 0 Å². The van der Waals surface area contributed by atoms with Crippen LogP contribution in [-0.4, -0.2) is 206 Å². The number of esters is 2. The molecule has 0 radical (unpaired) electrons. The Morgan fingerprint density at radius 3 is 1.75 bits per heavy atom. The van der Waals surface area contributed by atoms with Crippen LogP contribution in [0.5, 0.6) is 40.5 Å². The minimum absolute atomic E-state index is 0.00417. The number of carbonyl (C=O) groups is 9. The van der Waals surface area contributed by atoms with Crippen molar-refractivity contribution < 1.29 is 86.5 Å². The molecule has 4 heterocycles. The van der Waals surface area contributed by atoms with Gasteiger partial charge in [-0.3, -0.25) is 57.7 Å². The molecule has 0 spiro atoms. The molecule has 6 amide bonds. The smallest absolute Gasteiger partial charge is 0.310 e. The van der Waals surface area contributed by atoms with E-state index in [1.807, 2.05) is 24.3 Å². The van der Waals surface area contributed by atoms with E-state index in [0.29, 0.717) is 95.4 Å². The van der Waals surface area contributed by atoms with Crippen LogP contribution in [0, 0.1) is 11.8 Å². The number of hydrogen-bond acceptors (Lipinski definition) is 25. The number of methoxy groups -OCH3 is 3. The zero-order chi connectivity index (χ0) is 79.7. The first-order valence-corrected chi connectivity index (χ1v) is 38.7. The number of aromatic hydroxyl groups is 2. The van der Waals surface area contributed by atoms with E-state index in [9.17, 15) is 53.4 Å². The highest BCUT2D eigenvalue weighted by Gasteiger charge is 2.54. The fourth-order valence-corrected chi connectivity index (χ4v) is 14.9. The van der Waals surface area contributed by atoms with Crippen LogP contribution in [0.1, 0.15) is 118 Å². The average Bonchev–Trinajstić information content (AvgIpc) is 1.42. The molecule has 2 aliphatic heterocycles. The van der Waals surface area contributed by atoms with Crippen LogP contribution in [-0.2, 0) is 65.6 Å². The minimum Gasteiger partial charge on any atom is -0.494 e. The molecule has 3 aromatic carbocycles. The Balaban J connectivity index is 0.942. The molecule has 11 atom stereocenters. The number of carbonyl (C=O) groups excluding carboxylic acids is 9. The Labute approximate surface area is 644 Å². The number of ketones is 1. The summed E-state index contributed by atoms with van der Waals surface area (Å²) in [5.41, 5.74) is 43.8. The largest absolute Gasteiger partial charge is 0.494 e. The third-order valence-electron chi connectivity index (χ3n) is 19.2. The van der Waals surface area contributed by atoms with Crippen LogP contribution in [0.15, 0.2) is 75.7 Å². The predicted octanol–water partition coefficient (Wildman–Crippen LogP) is 1.02. The number of benzene rings is 3. The molecule has 0 saturated carbocycles. The van der Waals surface area contributed by atoms with E-state index >= 15 is 0 Å². The van der Waals surface area contributed by atoms with Crippen molar-refractivity contribution in [1.82, 2.24) is 41.5 Å². The van der Waals surface area contributed by atoms with Crippen molar-refractivity contribution in [2.45, 2.75) is 156 Å². The molecule has 35 nitrogen and oxygen atoms in total. The maximum absolute atomic E-state index is 14.7. The summed E-state index contributed by atoms with van der Waals surface area (Å²) in [6.45, 7) is 1.60. The number of rotatable bonds is 45. The van der Waals surface area contributed by atoms with Gasteiger partial charge < -0.3 is 120 Å². The van der Waals surface area contributed by atoms with Crippen LogP contribution in [0.2, 0.25) is 0 Å². The molecule has 0 bridgehead atoms. The van der Waals surface area contributed by atoms with Gasteiger partial charge in [0.05, 0.1) is 57.3 Å². The van der Waals surface area contributed by atoms with Crippen molar-refractivity contribution in [1.29, 1.82) is 0 Å². The van der Waals surface area contributed by atoms with Gasteiger partial charge >= 0.3 is 11.9 Å². The number of ether oxygens (including phenoxy) is 7. The molecule has 1 unspecified atom stereocenters. The van der Waals surface area contributed by atoms with E-state index in [1.54, 1.807) is 36.7 Å². The number of aromatic nitrogens is 2. The first-order chi connectivity index (χ1) is 52.8. The molecule has 1 fully saturated rings.